The topological polar surface area (TPSA) is 51.5 Å². The summed E-state index contributed by atoms with van der Waals surface area (Å²) in [5.74, 6) is 0. The Hall–Kier alpha value is -3.54. The van der Waals surface area contributed by atoms with Gasteiger partial charge in [0.1, 0.15) is 5.65 Å². The van der Waals surface area contributed by atoms with Crippen LogP contribution in [0.4, 0.5) is 0 Å². The lowest BCUT2D eigenvalue weighted by atomic mass is 10.0. The van der Waals surface area contributed by atoms with Crippen LogP contribution in [0.25, 0.3) is 38.9 Å². The van der Waals surface area contributed by atoms with Gasteiger partial charge in [-0.25, -0.2) is 4.98 Å². The molecule has 6 rings (SSSR count). The smallest absolute Gasteiger partial charge is 0.137 e. The van der Waals surface area contributed by atoms with E-state index in [1.807, 2.05) is 19.2 Å². The van der Waals surface area contributed by atoms with Gasteiger partial charge in [-0.05, 0) is 54.8 Å². The maximum absolute atomic E-state index is 5.80. The minimum atomic E-state index is 0.256. The molecule has 0 spiro atoms. The van der Waals surface area contributed by atoms with Crippen molar-refractivity contribution in [3.8, 4) is 22.4 Å². The van der Waals surface area contributed by atoms with E-state index in [4.69, 9.17) is 9.72 Å². The molecule has 1 saturated heterocycles. The lowest BCUT2D eigenvalue weighted by Crippen LogP contribution is -2.39. The van der Waals surface area contributed by atoms with Crippen molar-refractivity contribution in [2.45, 2.75) is 26.0 Å². The number of hydrogen-bond acceptors (Lipinski definition) is 4. The maximum Gasteiger partial charge on any atom is 0.137 e. The summed E-state index contributed by atoms with van der Waals surface area (Å²) in [6.45, 7) is 5.74. The third-order valence-corrected chi connectivity index (χ3v) is 6.48. The van der Waals surface area contributed by atoms with Crippen molar-refractivity contribution in [3.63, 3.8) is 0 Å². The molecule has 2 aromatic carbocycles. The number of nitrogens with zero attached hydrogens (tertiary/aromatic N) is 3. The second-order valence-corrected chi connectivity index (χ2v) is 8.84. The lowest BCUT2D eigenvalue weighted by molar-refractivity contribution is 0.0149. The van der Waals surface area contributed by atoms with E-state index in [2.05, 4.69) is 88.5 Å². The number of aromatic nitrogens is 3. The molecule has 1 fully saturated rings. The fraction of sp³-hybridized carbons (Fsp3) is 0.214. The normalized spacial score (nSPS) is 18.7. The highest BCUT2D eigenvalue weighted by Crippen LogP contribution is 2.31. The van der Waals surface area contributed by atoms with Crippen molar-refractivity contribution in [3.05, 3.63) is 90.4 Å². The summed E-state index contributed by atoms with van der Waals surface area (Å²) < 4.78 is 7.96. The second-order valence-electron chi connectivity index (χ2n) is 8.84. The van der Waals surface area contributed by atoms with Crippen molar-refractivity contribution < 1.29 is 4.74 Å². The van der Waals surface area contributed by atoms with E-state index in [9.17, 15) is 0 Å². The Morgan fingerprint density at radius 3 is 2.67 bits per heavy atom. The quantitative estimate of drug-likeness (QED) is 0.403. The van der Waals surface area contributed by atoms with Crippen LogP contribution in [-0.4, -0.2) is 33.6 Å². The molecule has 3 aromatic heterocycles. The summed E-state index contributed by atoms with van der Waals surface area (Å²) in [6, 6.07) is 23.7. The highest BCUT2D eigenvalue weighted by molar-refractivity contribution is 5.94. The van der Waals surface area contributed by atoms with Crippen LogP contribution in [0.5, 0.6) is 0 Å². The van der Waals surface area contributed by atoms with E-state index in [-0.39, 0.29) is 12.1 Å². The molecule has 33 heavy (non-hydrogen) atoms. The minimum Gasteiger partial charge on any atom is -0.375 e. The molecular formula is C28H26N4O. The van der Waals surface area contributed by atoms with Gasteiger partial charge in [-0.1, -0.05) is 42.5 Å². The summed E-state index contributed by atoms with van der Waals surface area (Å²) in [5, 5.41) is 4.70. The molecule has 5 heteroatoms. The zero-order chi connectivity index (χ0) is 22.4. The van der Waals surface area contributed by atoms with Crippen LogP contribution in [0.1, 0.15) is 24.2 Å². The Morgan fingerprint density at radius 2 is 1.85 bits per heavy atom. The molecule has 1 aliphatic heterocycles. The van der Waals surface area contributed by atoms with Gasteiger partial charge >= 0.3 is 0 Å². The molecule has 1 N–H and O–H groups in total. The van der Waals surface area contributed by atoms with E-state index in [0.717, 1.165) is 45.6 Å². The number of aryl methyl sites for hydroxylation is 1. The molecule has 2 atom stereocenters. The fourth-order valence-corrected chi connectivity index (χ4v) is 4.69. The number of imidazole rings is 1. The first-order valence-electron chi connectivity index (χ1n) is 11.4. The summed E-state index contributed by atoms with van der Waals surface area (Å²) >= 11 is 0. The molecule has 5 nitrogen and oxygen atoms in total. The number of fused-ring (bicyclic) bond motifs is 2. The van der Waals surface area contributed by atoms with E-state index < -0.39 is 0 Å². The number of ether oxygens (including phenoxy) is 1. The molecule has 164 valence electrons. The molecule has 4 heterocycles. The molecule has 5 aromatic rings. The van der Waals surface area contributed by atoms with Gasteiger partial charge in [0.15, 0.2) is 0 Å². The van der Waals surface area contributed by atoms with Gasteiger partial charge in [-0.15, -0.1) is 0 Å². The van der Waals surface area contributed by atoms with Gasteiger partial charge in [-0.3, -0.25) is 9.38 Å². The van der Waals surface area contributed by atoms with Crippen LogP contribution < -0.4 is 5.32 Å². The average molecular weight is 435 g/mol. The number of morpholine rings is 1. The van der Waals surface area contributed by atoms with Crippen LogP contribution in [-0.2, 0) is 4.74 Å². The zero-order valence-electron chi connectivity index (χ0n) is 18.8. The van der Waals surface area contributed by atoms with Crippen molar-refractivity contribution in [1.29, 1.82) is 0 Å². The first-order valence-corrected chi connectivity index (χ1v) is 11.4. The first-order chi connectivity index (χ1) is 16.2. The van der Waals surface area contributed by atoms with Gasteiger partial charge in [-0.2, -0.15) is 0 Å². The van der Waals surface area contributed by atoms with Crippen LogP contribution in [0.3, 0.4) is 0 Å². The van der Waals surface area contributed by atoms with Gasteiger partial charge in [0.05, 0.1) is 36.2 Å². The van der Waals surface area contributed by atoms with Gasteiger partial charge in [0, 0.05) is 29.4 Å². The summed E-state index contributed by atoms with van der Waals surface area (Å²) in [4.78, 5) is 9.41. The number of para-hydroxylation sites is 1. The highest BCUT2D eigenvalue weighted by atomic mass is 16.5. The number of hydrogen-bond donors (Lipinski definition) is 1. The number of pyridine rings is 2. The summed E-state index contributed by atoms with van der Waals surface area (Å²) in [6.07, 6.45) is 4.35. The van der Waals surface area contributed by atoms with Crippen LogP contribution in [0.15, 0.2) is 79.1 Å². The Kier molecular flexibility index (Phi) is 4.93. The molecular weight excluding hydrogens is 408 g/mol. The van der Waals surface area contributed by atoms with Crippen molar-refractivity contribution in [2.75, 3.05) is 13.2 Å². The van der Waals surface area contributed by atoms with E-state index >= 15 is 0 Å². The van der Waals surface area contributed by atoms with Crippen LogP contribution in [0, 0.1) is 6.92 Å². The minimum absolute atomic E-state index is 0.256. The Morgan fingerprint density at radius 1 is 1.00 bits per heavy atom. The molecule has 1 aliphatic rings. The van der Waals surface area contributed by atoms with Gasteiger partial charge < -0.3 is 10.1 Å². The Labute approximate surface area is 193 Å². The maximum atomic E-state index is 5.80. The monoisotopic (exact) mass is 434 g/mol. The second kappa shape index (κ2) is 8.10. The SMILES string of the molecule is Cc1cc(-c2cnc3cc(-c4ccc(C5COC(C)CN5)cc4)ccn23)c2ccccc2n1. The zero-order valence-corrected chi connectivity index (χ0v) is 18.8. The number of nitrogens with one attached hydrogen (secondary N) is 1. The van der Waals surface area contributed by atoms with Gasteiger partial charge in [0.2, 0.25) is 0 Å². The van der Waals surface area contributed by atoms with Crippen molar-refractivity contribution in [2.24, 2.45) is 0 Å². The average Bonchev–Trinajstić information content (AvgIpc) is 3.27. The van der Waals surface area contributed by atoms with Crippen LogP contribution in [0.2, 0.25) is 0 Å². The molecule has 0 saturated carbocycles. The molecule has 2 unspecified atom stereocenters. The molecule has 0 aliphatic carbocycles. The molecule has 0 amide bonds. The molecule has 0 bridgehead atoms. The number of benzene rings is 2. The molecule has 0 radical (unpaired) electrons. The first kappa shape index (κ1) is 20.1. The third-order valence-electron chi connectivity index (χ3n) is 6.48. The van der Waals surface area contributed by atoms with Gasteiger partial charge in [0.25, 0.3) is 0 Å². The van der Waals surface area contributed by atoms with E-state index in [0.29, 0.717) is 6.61 Å². The third kappa shape index (κ3) is 3.69. The summed E-state index contributed by atoms with van der Waals surface area (Å²) in [5.41, 5.74) is 8.76. The number of rotatable bonds is 3. The fourth-order valence-electron chi connectivity index (χ4n) is 4.69. The Bertz CT molecular complexity index is 1450. The van der Waals surface area contributed by atoms with Crippen molar-refractivity contribution >= 4 is 16.6 Å². The Balaban J connectivity index is 1.34. The predicted molar refractivity (Wildman–Crippen MR) is 132 cm³/mol. The standard InChI is InChI=1S/C28H26N4O/c1-18-13-24(23-5-3-4-6-25(23)31-18)27-16-30-28-14-22(11-12-32(27)28)20-7-9-21(10-8-20)26-17-33-19(2)15-29-26/h3-14,16,19,26,29H,15,17H2,1-2H3. The van der Waals surface area contributed by atoms with E-state index in [1.165, 1.54) is 11.1 Å². The van der Waals surface area contributed by atoms with E-state index in [1.54, 1.807) is 0 Å². The highest BCUT2D eigenvalue weighted by Gasteiger charge is 2.19. The van der Waals surface area contributed by atoms with Crippen molar-refractivity contribution in [1.82, 2.24) is 19.7 Å². The largest absolute Gasteiger partial charge is 0.375 e. The summed E-state index contributed by atoms with van der Waals surface area (Å²) in [7, 11) is 0. The predicted octanol–water partition coefficient (Wildman–Crippen LogP) is 5.57. The van der Waals surface area contributed by atoms with Crippen LogP contribution >= 0.6 is 0 Å². The lowest BCUT2D eigenvalue weighted by Gasteiger charge is -2.28.